The number of pyridine rings is 1. The van der Waals surface area contributed by atoms with Gasteiger partial charge in [0.2, 0.25) is 5.69 Å². The van der Waals surface area contributed by atoms with Gasteiger partial charge in [-0.1, -0.05) is 6.07 Å². The molecule has 0 unspecified atom stereocenters. The Morgan fingerprint density at radius 2 is 2.17 bits per heavy atom. The molecule has 0 atom stereocenters. The van der Waals surface area contributed by atoms with Crippen LogP contribution in [0.15, 0.2) is 36.7 Å². The number of hydrogen-bond acceptors (Lipinski definition) is 3. The summed E-state index contributed by atoms with van der Waals surface area (Å²) in [5.74, 6) is -0.259. The minimum atomic E-state index is -0.574. The summed E-state index contributed by atoms with van der Waals surface area (Å²) < 4.78 is 18.9. The Morgan fingerprint density at radius 3 is 2.83 bits per heavy atom. The van der Waals surface area contributed by atoms with E-state index in [1.807, 2.05) is 0 Å². The Kier molecular flexibility index (Phi) is 3.51. The van der Waals surface area contributed by atoms with Crippen molar-refractivity contribution in [2.45, 2.75) is 6.61 Å². The molecule has 0 bridgehead atoms. The van der Waals surface area contributed by atoms with Crippen LogP contribution < -0.4 is 4.74 Å². The fourth-order valence-electron chi connectivity index (χ4n) is 1.38. The van der Waals surface area contributed by atoms with Gasteiger partial charge < -0.3 is 9.84 Å². The zero-order chi connectivity index (χ0) is 13.0. The van der Waals surface area contributed by atoms with Gasteiger partial charge in [0, 0.05) is 6.20 Å². The molecule has 0 spiro atoms. The summed E-state index contributed by atoms with van der Waals surface area (Å²) in [7, 11) is 0. The second-order valence-corrected chi connectivity index (χ2v) is 3.52. The van der Waals surface area contributed by atoms with Crippen LogP contribution in [0.3, 0.4) is 0 Å². The van der Waals surface area contributed by atoms with Crippen LogP contribution in [0.4, 0.5) is 10.1 Å². The Labute approximate surface area is 103 Å². The number of ether oxygens (including phenoxy) is 1. The van der Waals surface area contributed by atoms with Crippen LogP contribution in [0, 0.1) is 12.4 Å². The molecule has 0 saturated heterocycles. The Bertz CT molecular complexity index is 608. The lowest BCUT2D eigenvalue weighted by Crippen LogP contribution is -1.91. The molecular weight excluding hydrogens is 235 g/mol. The summed E-state index contributed by atoms with van der Waals surface area (Å²) >= 11 is 0. The van der Waals surface area contributed by atoms with Crippen molar-refractivity contribution in [1.82, 2.24) is 4.98 Å². The third-order valence-electron chi connectivity index (χ3n) is 2.23. The predicted octanol–water partition coefficient (Wildman–Crippen LogP) is 3.06. The third-order valence-corrected chi connectivity index (χ3v) is 2.23. The predicted molar refractivity (Wildman–Crippen MR) is 62.9 cm³/mol. The van der Waals surface area contributed by atoms with Crippen LogP contribution in [0.25, 0.3) is 4.85 Å². The quantitative estimate of drug-likeness (QED) is 0.844. The van der Waals surface area contributed by atoms with E-state index in [-0.39, 0.29) is 12.4 Å². The van der Waals surface area contributed by atoms with Gasteiger partial charge >= 0.3 is 0 Å². The van der Waals surface area contributed by atoms with Gasteiger partial charge in [0.1, 0.15) is 5.75 Å². The smallest absolute Gasteiger partial charge is 0.208 e. The van der Waals surface area contributed by atoms with Crippen molar-refractivity contribution in [3.05, 3.63) is 59.5 Å². The molecule has 90 valence electrons. The molecule has 18 heavy (non-hydrogen) atoms. The van der Waals surface area contributed by atoms with E-state index in [1.165, 1.54) is 30.6 Å². The minimum absolute atomic E-state index is 0.0242. The van der Waals surface area contributed by atoms with Crippen molar-refractivity contribution in [1.29, 1.82) is 0 Å². The standard InChI is InChI=1S/C13H9FN2O2/c1-15-10-5-11(7-16-6-10)18-13-3-2-9(8-17)4-12(13)14/h2-7,17H,8H2. The topological polar surface area (TPSA) is 46.7 Å². The summed E-state index contributed by atoms with van der Waals surface area (Å²) in [6.45, 7) is 6.61. The molecule has 2 rings (SSSR count). The highest BCUT2D eigenvalue weighted by Gasteiger charge is 2.06. The molecule has 2 aromatic rings. The first kappa shape index (κ1) is 12.0. The van der Waals surface area contributed by atoms with E-state index >= 15 is 0 Å². The molecule has 1 aromatic heterocycles. The van der Waals surface area contributed by atoms with Gasteiger partial charge in [0.25, 0.3) is 0 Å². The van der Waals surface area contributed by atoms with Gasteiger partial charge in [0.15, 0.2) is 11.6 Å². The first-order valence-electron chi connectivity index (χ1n) is 5.12. The Morgan fingerprint density at radius 1 is 1.33 bits per heavy atom. The number of nitrogens with zero attached hydrogens (tertiary/aromatic N) is 2. The lowest BCUT2D eigenvalue weighted by atomic mass is 10.2. The van der Waals surface area contributed by atoms with Gasteiger partial charge in [0.05, 0.1) is 19.4 Å². The van der Waals surface area contributed by atoms with E-state index < -0.39 is 5.82 Å². The summed E-state index contributed by atoms with van der Waals surface area (Å²) in [4.78, 5) is 7.02. The first-order valence-corrected chi connectivity index (χ1v) is 5.12. The van der Waals surface area contributed by atoms with E-state index in [2.05, 4.69) is 9.83 Å². The van der Waals surface area contributed by atoms with Crippen molar-refractivity contribution in [3.63, 3.8) is 0 Å². The van der Waals surface area contributed by atoms with E-state index in [0.717, 1.165) is 0 Å². The second-order valence-electron chi connectivity index (χ2n) is 3.52. The van der Waals surface area contributed by atoms with Crippen LogP contribution >= 0.6 is 0 Å². The number of benzene rings is 1. The van der Waals surface area contributed by atoms with Crippen LogP contribution in [0.1, 0.15) is 5.56 Å². The molecule has 1 N–H and O–H groups in total. The molecule has 0 aliphatic rings. The van der Waals surface area contributed by atoms with Crippen molar-refractivity contribution in [3.8, 4) is 11.5 Å². The first-order chi connectivity index (χ1) is 8.72. The second kappa shape index (κ2) is 5.25. The maximum absolute atomic E-state index is 13.6. The zero-order valence-electron chi connectivity index (χ0n) is 9.30. The summed E-state index contributed by atoms with van der Waals surface area (Å²) in [5.41, 5.74) is 0.785. The summed E-state index contributed by atoms with van der Waals surface area (Å²) in [5, 5.41) is 8.86. The number of rotatable bonds is 3. The van der Waals surface area contributed by atoms with E-state index in [4.69, 9.17) is 16.4 Å². The van der Waals surface area contributed by atoms with E-state index in [0.29, 0.717) is 17.0 Å². The van der Waals surface area contributed by atoms with E-state index in [9.17, 15) is 4.39 Å². The Hall–Kier alpha value is -2.45. The fourth-order valence-corrected chi connectivity index (χ4v) is 1.38. The number of aliphatic hydroxyl groups excluding tert-OH is 1. The molecule has 0 aliphatic heterocycles. The number of aliphatic hydroxyl groups is 1. The van der Waals surface area contributed by atoms with Gasteiger partial charge in [-0.2, -0.15) is 0 Å². The summed E-state index contributed by atoms with van der Waals surface area (Å²) in [6.07, 6.45) is 2.79. The minimum Gasteiger partial charge on any atom is -0.454 e. The summed E-state index contributed by atoms with van der Waals surface area (Å²) in [6, 6.07) is 5.65. The van der Waals surface area contributed by atoms with Crippen LogP contribution in [0.5, 0.6) is 11.5 Å². The van der Waals surface area contributed by atoms with Gasteiger partial charge in [-0.05, 0) is 23.8 Å². The highest BCUT2D eigenvalue weighted by Crippen LogP contribution is 2.27. The van der Waals surface area contributed by atoms with Crippen molar-refractivity contribution in [2.24, 2.45) is 0 Å². The molecule has 4 nitrogen and oxygen atoms in total. The van der Waals surface area contributed by atoms with Crippen molar-refractivity contribution in [2.75, 3.05) is 0 Å². The molecule has 0 fully saturated rings. The fraction of sp³-hybridized carbons (Fsp3) is 0.0769. The average Bonchev–Trinajstić information content (AvgIpc) is 2.41. The number of hydrogen-bond donors (Lipinski definition) is 1. The highest BCUT2D eigenvalue weighted by atomic mass is 19.1. The average molecular weight is 244 g/mol. The van der Waals surface area contributed by atoms with Crippen molar-refractivity contribution >= 4 is 5.69 Å². The van der Waals surface area contributed by atoms with Crippen LogP contribution in [0.2, 0.25) is 0 Å². The maximum atomic E-state index is 13.6. The van der Waals surface area contributed by atoms with Crippen LogP contribution in [-0.2, 0) is 6.61 Å². The normalized spacial score (nSPS) is 9.83. The maximum Gasteiger partial charge on any atom is 0.208 e. The monoisotopic (exact) mass is 244 g/mol. The lowest BCUT2D eigenvalue weighted by molar-refractivity contribution is 0.281. The molecular formula is C13H9FN2O2. The number of halogens is 1. The Balaban J connectivity index is 2.26. The highest BCUT2D eigenvalue weighted by molar-refractivity contribution is 5.47. The molecule has 1 heterocycles. The van der Waals surface area contributed by atoms with E-state index in [1.54, 1.807) is 6.07 Å². The SMILES string of the molecule is [C-]#[N+]c1cncc(Oc2ccc(CO)cc2F)c1. The third kappa shape index (κ3) is 2.62. The largest absolute Gasteiger partial charge is 0.454 e. The van der Waals surface area contributed by atoms with Gasteiger partial charge in [-0.3, -0.25) is 4.98 Å². The molecule has 0 radical (unpaired) electrons. The zero-order valence-corrected chi connectivity index (χ0v) is 9.30. The van der Waals surface area contributed by atoms with Crippen LogP contribution in [-0.4, -0.2) is 10.1 Å². The molecule has 0 aliphatic carbocycles. The lowest BCUT2D eigenvalue weighted by Gasteiger charge is -2.07. The molecule has 0 amide bonds. The molecule has 1 aromatic carbocycles. The molecule has 0 saturated carbocycles. The number of aromatic nitrogens is 1. The van der Waals surface area contributed by atoms with Gasteiger partial charge in [-0.25, -0.2) is 9.24 Å². The van der Waals surface area contributed by atoms with Crippen molar-refractivity contribution < 1.29 is 14.2 Å². The van der Waals surface area contributed by atoms with Gasteiger partial charge in [-0.15, -0.1) is 0 Å². The molecule has 5 heteroatoms.